The van der Waals surface area contributed by atoms with Crippen molar-refractivity contribution in [3.05, 3.63) is 0 Å². The van der Waals surface area contributed by atoms with E-state index in [0.717, 1.165) is 6.29 Å². The molecule has 0 aromatic carbocycles. The van der Waals surface area contributed by atoms with Crippen molar-refractivity contribution in [1.82, 2.24) is 4.81 Å². The molecule has 0 aromatic heterocycles. The van der Waals surface area contributed by atoms with Gasteiger partial charge in [-0.2, -0.15) is 0 Å². The number of unbranched alkanes of at least 4 members (excludes halogenated alkanes) is 1. The number of hydrogen-bond donors (Lipinski definition) is 1. The van der Waals surface area contributed by atoms with Crippen molar-refractivity contribution in [2.24, 2.45) is 5.41 Å². The van der Waals surface area contributed by atoms with Crippen molar-refractivity contribution in [2.75, 3.05) is 20.2 Å². The van der Waals surface area contributed by atoms with E-state index in [-0.39, 0.29) is 5.97 Å². The highest BCUT2D eigenvalue weighted by molar-refractivity contribution is 6.45. The zero-order valence-electron chi connectivity index (χ0n) is 11.2. The number of rotatable bonds is 6. The van der Waals surface area contributed by atoms with Crippen LogP contribution in [0.3, 0.4) is 0 Å². The Hall–Kier alpha value is -0.875. The highest BCUT2D eigenvalue weighted by Crippen LogP contribution is 2.37. The number of ether oxygens (including phenoxy) is 1. The van der Waals surface area contributed by atoms with Gasteiger partial charge in [-0.3, -0.25) is 4.79 Å². The Morgan fingerprint density at radius 3 is 2.56 bits per heavy atom. The summed E-state index contributed by atoms with van der Waals surface area (Å²) >= 11 is 0. The van der Waals surface area contributed by atoms with Crippen molar-refractivity contribution in [3.8, 4) is 0 Å². The van der Waals surface area contributed by atoms with Gasteiger partial charge in [0.15, 0.2) is 0 Å². The lowest BCUT2D eigenvalue weighted by Gasteiger charge is -2.40. The van der Waals surface area contributed by atoms with Gasteiger partial charge in [0.05, 0.1) is 12.5 Å². The van der Waals surface area contributed by atoms with Crippen LogP contribution in [0, 0.1) is 5.41 Å². The maximum atomic E-state index is 12.0. The highest BCUT2D eigenvalue weighted by atomic mass is 16.5. The fourth-order valence-corrected chi connectivity index (χ4v) is 2.62. The predicted octanol–water partition coefficient (Wildman–Crippen LogP) is 0.721. The first-order valence-corrected chi connectivity index (χ1v) is 6.50. The van der Waals surface area contributed by atoms with E-state index in [0.29, 0.717) is 45.2 Å². The van der Waals surface area contributed by atoms with Gasteiger partial charge in [-0.25, -0.2) is 0 Å². The third kappa shape index (κ3) is 3.56. The molecular formula is C12H22BNO4. The van der Waals surface area contributed by atoms with E-state index >= 15 is 0 Å². The topological polar surface area (TPSA) is 66.8 Å². The van der Waals surface area contributed by atoms with Gasteiger partial charge in [0.25, 0.3) is 0 Å². The Bertz CT molecular complexity index is 288. The number of carbonyl (C=O) groups is 2. The summed E-state index contributed by atoms with van der Waals surface area (Å²) in [7, 11) is 0.931. The molecule has 1 aliphatic heterocycles. The normalized spacial score (nSPS) is 19.3. The second kappa shape index (κ2) is 6.90. The van der Waals surface area contributed by atoms with E-state index in [4.69, 9.17) is 4.74 Å². The number of methoxy groups -OCH3 is 1. The van der Waals surface area contributed by atoms with Crippen LogP contribution < -0.4 is 0 Å². The second-order valence-electron chi connectivity index (χ2n) is 5.00. The van der Waals surface area contributed by atoms with Crippen molar-refractivity contribution < 1.29 is 19.3 Å². The highest BCUT2D eigenvalue weighted by Gasteiger charge is 2.42. The average molecular weight is 255 g/mol. The number of nitrogens with zero attached hydrogens (tertiary/aromatic N) is 1. The Balaban J connectivity index is 2.63. The molecule has 0 spiro atoms. The molecule has 0 radical (unpaired) electrons. The van der Waals surface area contributed by atoms with Crippen molar-refractivity contribution in [1.29, 1.82) is 0 Å². The molecule has 0 saturated carbocycles. The Kier molecular flexibility index (Phi) is 5.82. The summed E-state index contributed by atoms with van der Waals surface area (Å²) in [5.74, 6) is -0.182. The first kappa shape index (κ1) is 15.2. The van der Waals surface area contributed by atoms with E-state index in [2.05, 4.69) is 0 Å². The molecule has 6 heteroatoms. The monoisotopic (exact) mass is 255 g/mol. The first-order valence-electron chi connectivity index (χ1n) is 6.50. The SMILES string of the molecule is COC(=O)C1(CCCC=O)CCN(B(C)O)CC1. The van der Waals surface area contributed by atoms with Crippen molar-refractivity contribution in [3.63, 3.8) is 0 Å². The summed E-state index contributed by atoms with van der Waals surface area (Å²) in [5.41, 5.74) is -0.469. The van der Waals surface area contributed by atoms with Crippen LogP contribution in [0.5, 0.6) is 0 Å². The molecule has 1 heterocycles. The lowest BCUT2D eigenvalue weighted by atomic mass is 9.71. The molecule has 0 aliphatic carbocycles. The van der Waals surface area contributed by atoms with Crippen LogP contribution in [0.4, 0.5) is 0 Å². The number of carbonyl (C=O) groups excluding carboxylic acids is 2. The quantitative estimate of drug-likeness (QED) is 0.328. The summed E-state index contributed by atoms with van der Waals surface area (Å²) in [6, 6.07) is 0. The van der Waals surface area contributed by atoms with E-state index in [1.54, 1.807) is 6.82 Å². The minimum absolute atomic E-state index is 0.182. The van der Waals surface area contributed by atoms with Gasteiger partial charge in [0, 0.05) is 6.42 Å². The van der Waals surface area contributed by atoms with Crippen molar-refractivity contribution >= 4 is 19.3 Å². The average Bonchev–Trinajstić information content (AvgIpc) is 2.38. The molecule has 1 N–H and O–H groups in total. The molecule has 1 rings (SSSR count). The van der Waals surface area contributed by atoms with Crippen LogP contribution >= 0.6 is 0 Å². The number of aldehydes is 1. The molecule has 0 amide bonds. The maximum absolute atomic E-state index is 12.0. The van der Waals surface area contributed by atoms with Crippen LogP contribution in [0.1, 0.15) is 32.1 Å². The number of piperidine rings is 1. The molecule has 0 atom stereocenters. The molecule has 18 heavy (non-hydrogen) atoms. The minimum atomic E-state index is -0.476. The van der Waals surface area contributed by atoms with Gasteiger partial charge in [0.1, 0.15) is 6.29 Å². The van der Waals surface area contributed by atoms with Gasteiger partial charge >= 0.3 is 13.0 Å². The van der Waals surface area contributed by atoms with Crippen LogP contribution in [-0.2, 0) is 14.3 Å². The second-order valence-corrected chi connectivity index (χ2v) is 5.00. The fraction of sp³-hybridized carbons (Fsp3) is 0.833. The van der Waals surface area contributed by atoms with Crippen LogP contribution in [0.25, 0.3) is 0 Å². The lowest BCUT2D eigenvalue weighted by molar-refractivity contribution is -0.156. The zero-order chi connectivity index (χ0) is 13.6. The Morgan fingerprint density at radius 1 is 1.50 bits per heavy atom. The van der Waals surface area contributed by atoms with E-state index in [1.165, 1.54) is 7.11 Å². The largest absolute Gasteiger partial charge is 0.469 e. The van der Waals surface area contributed by atoms with Gasteiger partial charge < -0.3 is 19.4 Å². The maximum Gasteiger partial charge on any atom is 0.376 e. The van der Waals surface area contributed by atoms with E-state index in [9.17, 15) is 14.6 Å². The summed E-state index contributed by atoms with van der Waals surface area (Å²) in [5, 5.41) is 9.52. The first-order chi connectivity index (χ1) is 8.55. The zero-order valence-corrected chi connectivity index (χ0v) is 11.2. The van der Waals surface area contributed by atoms with Gasteiger partial charge in [-0.05, 0) is 45.6 Å². The summed E-state index contributed by atoms with van der Waals surface area (Å²) in [4.78, 5) is 24.3. The summed E-state index contributed by atoms with van der Waals surface area (Å²) in [6.45, 7) is 3.11. The molecule has 0 bridgehead atoms. The van der Waals surface area contributed by atoms with Gasteiger partial charge in [-0.15, -0.1) is 0 Å². The summed E-state index contributed by atoms with van der Waals surface area (Å²) in [6.07, 6.45) is 4.14. The van der Waals surface area contributed by atoms with Crippen LogP contribution in [0.15, 0.2) is 0 Å². The Morgan fingerprint density at radius 2 is 2.11 bits per heavy atom. The molecule has 0 unspecified atom stereocenters. The molecule has 0 aromatic rings. The molecule has 102 valence electrons. The molecule has 1 aliphatic rings. The van der Waals surface area contributed by atoms with Crippen LogP contribution in [-0.4, -0.2) is 49.3 Å². The fourth-order valence-electron chi connectivity index (χ4n) is 2.62. The van der Waals surface area contributed by atoms with Gasteiger partial charge in [-0.1, -0.05) is 0 Å². The number of esters is 1. The lowest BCUT2D eigenvalue weighted by Crippen LogP contribution is -2.49. The van der Waals surface area contributed by atoms with Gasteiger partial charge in [0.2, 0.25) is 0 Å². The Labute approximate surface area is 109 Å². The van der Waals surface area contributed by atoms with Crippen LogP contribution in [0.2, 0.25) is 6.82 Å². The third-order valence-corrected chi connectivity index (χ3v) is 3.88. The van der Waals surface area contributed by atoms with E-state index in [1.807, 2.05) is 4.81 Å². The number of hydrogen-bond acceptors (Lipinski definition) is 5. The minimum Gasteiger partial charge on any atom is -0.469 e. The molecule has 1 fully saturated rings. The summed E-state index contributed by atoms with van der Waals surface area (Å²) < 4.78 is 4.91. The molecule has 1 saturated heterocycles. The smallest absolute Gasteiger partial charge is 0.376 e. The molecule has 5 nitrogen and oxygen atoms in total. The van der Waals surface area contributed by atoms with E-state index < -0.39 is 12.5 Å². The predicted molar refractivity (Wildman–Crippen MR) is 69.0 cm³/mol. The van der Waals surface area contributed by atoms with Crippen molar-refractivity contribution in [2.45, 2.75) is 38.9 Å². The standard InChI is InChI=1S/C12H22BNO4/c1-13(17)14-8-6-12(7-9-14,11(16)18-2)5-3-4-10-15/h10,17H,3-9H2,1-2H3. The molecular weight excluding hydrogens is 233 g/mol. The third-order valence-electron chi connectivity index (χ3n) is 3.88.